The van der Waals surface area contributed by atoms with E-state index >= 15 is 0 Å². The predicted molar refractivity (Wildman–Crippen MR) is 87.6 cm³/mol. The summed E-state index contributed by atoms with van der Waals surface area (Å²) in [5, 5.41) is 0.582. The number of alkyl halides is 1. The van der Waals surface area contributed by atoms with Gasteiger partial charge < -0.3 is 4.57 Å². The van der Waals surface area contributed by atoms with Gasteiger partial charge in [0.25, 0.3) is 0 Å². The number of nitrogens with zero attached hydrogens (tertiary/aromatic N) is 2. The molecule has 1 aromatic carbocycles. The van der Waals surface area contributed by atoms with Crippen molar-refractivity contribution in [3.05, 3.63) is 29.3 Å². The molecule has 0 bridgehead atoms. The Balaban J connectivity index is 2.00. The SMILES string of the molecule is Cc1cc2c(cc1F)nc(CCl)n2CC1CSCCS1. The van der Waals surface area contributed by atoms with E-state index in [1.807, 2.05) is 29.6 Å². The number of rotatable bonds is 3. The van der Waals surface area contributed by atoms with E-state index < -0.39 is 0 Å². The van der Waals surface area contributed by atoms with Crippen LogP contribution in [0.2, 0.25) is 0 Å². The Morgan fingerprint density at radius 3 is 3.00 bits per heavy atom. The van der Waals surface area contributed by atoms with Gasteiger partial charge in [0.15, 0.2) is 0 Å². The smallest absolute Gasteiger partial charge is 0.128 e. The molecule has 2 heterocycles. The first-order valence-electron chi connectivity index (χ1n) is 6.59. The van der Waals surface area contributed by atoms with Crippen LogP contribution in [0, 0.1) is 12.7 Å². The Morgan fingerprint density at radius 2 is 2.30 bits per heavy atom. The van der Waals surface area contributed by atoms with Gasteiger partial charge in [-0.1, -0.05) is 0 Å². The lowest BCUT2D eigenvalue weighted by Gasteiger charge is -2.22. The third-order valence-corrected chi connectivity index (χ3v) is 6.56. The molecule has 0 aliphatic carbocycles. The van der Waals surface area contributed by atoms with Crippen molar-refractivity contribution < 1.29 is 4.39 Å². The average molecular weight is 331 g/mol. The Kier molecular flexibility index (Phi) is 4.48. The van der Waals surface area contributed by atoms with E-state index in [0.29, 0.717) is 22.2 Å². The van der Waals surface area contributed by atoms with Gasteiger partial charge in [0.1, 0.15) is 11.6 Å². The molecule has 1 unspecified atom stereocenters. The van der Waals surface area contributed by atoms with E-state index in [4.69, 9.17) is 11.6 Å². The molecule has 6 heteroatoms. The molecule has 2 nitrogen and oxygen atoms in total. The van der Waals surface area contributed by atoms with Crippen LogP contribution in [-0.2, 0) is 12.4 Å². The maximum atomic E-state index is 13.7. The molecule has 0 spiro atoms. The second-order valence-corrected chi connectivity index (χ2v) is 7.76. The lowest BCUT2D eigenvalue weighted by molar-refractivity contribution is 0.620. The third kappa shape index (κ3) is 2.81. The fourth-order valence-electron chi connectivity index (χ4n) is 2.45. The van der Waals surface area contributed by atoms with Crippen molar-refractivity contribution in [1.29, 1.82) is 0 Å². The number of halogens is 2. The zero-order valence-electron chi connectivity index (χ0n) is 11.2. The van der Waals surface area contributed by atoms with E-state index in [0.717, 1.165) is 23.6 Å². The highest BCUT2D eigenvalue weighted by atomic mass is 35.5. The van der Waals surface area contributed by atoms with Gasteiger partial charge in [0, 0.05) is 35.1 Å². The van der Waals surface area contributed by atoms with Gasteiger partial charge in [-0.3, -0.25) is 0 Å². The molecule has 20 heavy (non-hydrogen) atoms. The van der Waals surface area contributed by atoms with E-state index in [1.165, 1.54) is 17.6 Å². The van der Waals surface area contributed by atoms with Crippen molar-refractivity contribution in [2.24, 2.45) is 0 Å². The maximum absolute atomic E-state index is 13.7. The molecule has 1 saturated heterocycles. The number of hydrogen-bond donors (Lipinski definition) is 0. The summed E-state index contributed by atoms with van der Waals surface area (Å²) in [5.41, 5.74) is 2.36. The number of aryl methyl sites for hydroxylation is 1. The molecule has 0 amide bonds. The summed E-state index contributed by atoms with van der Waals surface area (Å²) >= 11 is 10.0. The van der Waals surface area contributed by atoms with Crippen LogP contribution in [0.1, 0.15) is 11.4 Å². The summed E-state index contributed by atoms with van der Waals surface area (Å²) in [7, 11) is 0. The number of benzene rings is 1. The fraction of sp³-hybridized carbons (Fsp3) is 0.500. The summed E-state index contributed by atoms with van der Waals surface area (Å²) in [6.45, 7) is 2.69. The zero-order chi connectivity index (χ0) is 14.1. The van der Waals surface area contributed by atoms with Crippen molar-refractivity contribution in [3.63, 3.8) is 0 Å². The minimum absolute atomic E-state index is 0.203. The number of hydrogen-bond acceptors (Lipinski definition) is 3. The van der Waals surface area contributed by atoms with Crippen LogP contribution in [0.3, 0.4) is 0 Å². The van der Waals surface area contributed by atoms with Crippen LogP contribution in [0.5, 0.6) is 0 Å². The van der Waals surface area contributed by atoms with Gasteiger partial charge >= 0.3 is 0 Å². The molecular weight excluding hydrogens is 315 g/mol. The summed E-state index contributed by atoms with van der Waals surface area (Å²) in [6.07, 6.45) is 0. The molecule has 2 aromatic rings. The van der Waals surface area contributed by atoms with E-state index in [-0.39, 0.29) is 5.82 Å². The second kappa shape index (κ2) is 6.16. The Bertz CT molecular complexity index is 623. The fourth-order valence-corrected chi connectivity index (χ4v) is 5.31. The van der Waals surface area contributed by atoms with E-state index in [2.05, 4.69) is 9.55 Å². The van der Waals surface area contributed by atoms with Gasteiger partial charge in [0.05, 0.1) is 16.9 Å². The standard InChI is InChI=1S/C14H16ClFN2S2/c1-9-4-13-12(5-11(9)16)17-14(6-15)18(13)7-10-8-19-2-3-20-10/h4-5,10H,2-3,6-8H2,1H3. The van der Waals surface area contributed by atoms with Crippen LogP contribution >= 0.6 is 35.1 Å². The molecule has 3 rings (SSSR count). The van der Waals surface area contributed by atoms with Crippen LogP contribution in [0.15, 0.2) is 12.1 Å². The lowest BCUT2D eigenvalue weighted by atomic mass is 10.2. The van der Waals surface area contributed by atoms with Crippen molar-refractivity contribution >= 4 is 46.2 Å². The number of fused-ring (bicyclic) bond motifs is 1. The normalized spacial score (nSPS) is 19.6. The maximum Gasteiger partial charge on any atom is 0.128 e. The largest absolute Gasteiger partial charge is 0.326 e. The number of imidazole rings is 1. The number of thioether (sulfide) groups is 2. The molecule has 1 aliphatic rings. The molecule has 108 valence electrons. The molecule has 1 aliphatic heterocycles. The molecule has 1 fully saturated rings. The van der Waals surface area contributed by atoms with E-state index in [9.17, 15) is 4.39 Å². The third-order valence-electron chi connectivity index (χ3n) is 3.50. The van der Waals surface area contributed by atoms with Crippen LogP contribution in [0.25, 0.3) is 11.0 Å². The van der Waals surface area contributed by atoms with Gasteiger partial charge in [-0.25, -0.2) is 9.37 Å². The van der Waals surface area contributed by atoms with Crippen molar-refractivity contribution in [3.8, 4) is 0 Å². The highest BCUT2D eigenvalue weighted by Gasteiger charge is 2.19. The minimum Gasteiger partial charge on any atom is -0.326 e. The Hall–Kier alpha value is -0.390. The van der Waals surface area contributed by atoms with Crippen molar-refractivity contribution in [2.75, 3.05) is 17.3 Å². The van der Waals surface area contributed by atoms with Gasteiger partial charge in [0.2, 0.25) is 0 Å². The van der Waals surface area contributed by atoms with Crippen LogP contribution in [-0.4, -0.2) is 32.1 Å². The molecule has 1 aromatic heterocycles. The summed E-state index contributed by atoms with van der Waals surface area (Å²) in [6, 6.07) is 3.40. The second-order valence-electron chi connectivity index (χ2n) is 4.93. The minimum atomic E-state index is -0.203. The van der Waals surface area contributed by atoms with Crippen molar-refractivity contribution in [1.82, 2.24) is 9.55 Å². The van der Waals surface area contributed by atoms with Crippen LogP contribution in [0.4, 0.5) is 4.39 Å². The van der Waals surface area contributed by atoms with Gasteiger partial charge in [-0.15, -0.1) is 11.6 Å². The first-order chi connectivity index (χ1) is 9.69. The van der Waals surface area contributed by atoms with Gasteiger partial charge in [-0.05, 0) is 18.6 Å². The quantitative estimate of drug-likeness (QED) is 0.790. The highest BCUT2D eigenvalue weighted by Crippen LogP contribution is 2.28. The zero-order valence-corrected chi connectivity index (χ0v) is 13.6. The molecule has 0 saturated carbocycles. The summed E-state index contributed by atoms with van der Waals surface area (Å²) < 4.78 is 15.8. The lowest BCUT2D eigenvalue weighted by Crippen LogP contribution is -2.21. The summed E-state index contributed by atoms with van der Waals surface area (Å²) in [5.74, 6) is 4.59. The predicted octanol–water partition coefficient (Wildman–Crippen LogP) is 4.07. The first kappa shape index (κ1) is 14.5. The molecule has 1 atom stereocenters. The monoisotopic (exact) mass is 330 g/mol. The number of aromatic nitrogens is 2. The molecule has 0 radical (unpaired) electrons. The average Bonchev–Trinajstić information content (AvgIpc) is 2.78. The van der Waals surface area contributed by atoms with Gasteiger partial charge in [-0.2, -0.15) is 23.5 Å². The van der Waals surface area contributed by atoms with E-state index in [1.54, 1.807) is 6.92 Å². The Labute approximate surface area is 131 Å². The highest BCUT2D eigenvalue weighted by molar-refractivity contribution is 8.06. The molecule has 0 N–H and O–H groups in total. The topological polar surface area (TPSA) is 17.8 Å². The Morgan fingerprint density at radius 1 is 1.45 bits per heavy atom. The molecular formula is C14H16ClFN2S2. The van der Waals surface area contributed by atoms with Crippen LogP contribution < -0.4 is 0 Å². The first-order valence-corrected chi connectivity index (χ1v) is 9.33. The van der Waals surface area contributed by atoms with Crippen molar-refractivity contribution in [2.45, 2.75) is 24.6 Å². The summed E-state index contributed by atoms with van der Waals surface area (Å²) in [4.78, 5) is 4.47.